The second-order valence-electron chi connectivity index (χ2n) is 3.55. The molecule has 0 unspecified atom stereocenters. The van der Waals surface area contributed by atoms with Crippen molar-refractivity contribution in [2.45, 2.75) is 6.42 Å². The third kappa shape index (κ3) is 3.25. The molecule has 1 heterocycles. The van der Waals surface area contributed by atoms with E-state index in [4.69, 9.17) is 9.68 Å². The van der Waals surface area contributed by atoms with E-state index in [2.05, 4.69) is 11.4 Å². The van der Waals surface area contributed by atoms with Gasteiger partial charge in [-0.25, -0.2) is 0 Å². The Bertz CT molecular complexity index is 521. The van der Waals surface area contributed by atoms with Crippen LogP contribution in [-0.2, 0) is 6.42 Å². The molecule has 84 valence electrons. The topological polar surface area (TPSA) is 49.0 Å². The van der Waals surface area contributed by atoms with Gasteiger partial charge < -0.3 is 9.73 Å². The monoisotopic (exact) mass is 224 g/mol. The molecular formula is C14H12N2O. The van der Waals surface area contributed by atoms with Crippen LogP contribution in [0.3, 0.4) is 0 Å². The van der Waals surface area contributed by atoms with Gasteiger partial charge in [-0.15, -0.1) is 0 Å². The SMILES string of the molecule is N#CC(=CNc1ccccc1)Cc1ccco1. The molecule has 0 aliphatic carbocycles. The van der Waals surface area contributed by atoms with Crippen molar-refractivity contribution in [1.29, 1.82) is 5.26 Å². The fourth-order valence-electron chi connectivity index (χ4n) is 1.43. The molecule has 0 saturated heterocycles. The molecule has 1 aromatic heterocycles. The molecule has 0 aliphatic heterocycles. The van der Waals surface area contributed by atoms with E-state index < -0.39 is 0 Å². The minimum atomic E-state index is 0.503. The summed E-state index contributed by atoms with van der Waals surface area (Å²) in [5.74, 6) is 0.785. The molecule has 1 N–H and O–H groups in total. The summed E-state index contributed by atoms with van der Waals surface area (Å²) in [5, 5.41) is 12.1. The zero-order chi connectivity index (χ0) is 11.9. The fourth-order valence-corrected chi connectivity index (χ4v) is 1.43. The molecule has 3 heteroatoms. The van der Waals surface area contributed by atoms with Crippen molar-refractivity contribution in [3.63, 3.8) is 0 Å². The van der Waals surface area contributed by atoms with Gasteiger partial charge in [0, 0.05) is 18.3 Å². The van der Waals surface area contributed by atoms with Gasteiger partial charge in [-0.1, -0.05) is 18.2 Å². The molecular weight excluding hydrogens is 212 g/mol. The number of nitriles is 1. The third-order valence-corrected chi connectivity index (χ3v) is 2.28. The first-order chi connectivity index (χ1) is 8.38. The minimum absolute atomic E-state index is 0.503. The Balaban J connectivity index is 2.02. The summed E-state index contributed by atoms with van der Waals surface area (Å²) < 4.78 is 5.20. The van der Waals surface area contributed by atoms with Gasteiger partial charge in [0.05, 0.1) is 17.9 Å². The lowest BCUT2D eigenvalue weighted by Crippen LogP contribution is -1.93. The van der Waals surface area contributed by atoms with Crippen LogP contribution < -0.4 is 5.32 Å². The predicted molar refractivity (Wildman–Crippen MR) is 66.2 cm³/mol. The first kappa shape index (κ1) is 11.0. The zero-order valence-electron chi connectivity index (χ0n) is 9.26. The van der Waals surface area contributed by atoms with Crippen LogP contribution in [0.25, 0.3) is 0 Å². The van der Waals surface area contributed by atoms with Gasteiger partial charge in [0.25, 0.3) is 0 Å². The molecule has 1 aromatic carbocycles. The van der Waals surface area contributed by atoms with E-state index in [9.17, 15) is 0 Å². The van der Waals surface area contributed by atoms with E-state index >= 15 is 0 Å². The van der Waals surface area contributed by atoms with Crippen molar-refractivity contribution < 1.29 is 4.42 Å². The first-order valence-corrected chi connectivity index (χ1v) is 5.31. The maximum atomic E-state index is 9.00. The first-order valence-electron chi connectivity index (χ1n) is 5.31. The molecule has 0 atom stereocenters. The Kier molecular flexibility index (Phi) is 3.61. The highest BCUT2D eigenvalue weighted by molar-refractivity contribution is 5.46. The van der Waals surface area contributed by atoms with Crippen LogP contribution in [-0.4, -0.2) is 0 Å². The molecule has 0 spiro atoms. The van der Waals surface area contributed by atoms with Crippen LogP contribution in [0.4, 0.5) is 5.69 Å². The average molecular weight is 224 g/mol. The Hall–Kier alpha value is -2.47. The summed E-state index contributed by atoms with van der Waals surface area (Å²) in [6.07, 6.45) is 3.82. The largest absolute Gasteiger partial charge is 0.469 e. The number of allylic oxidation sites excluding steroid dienone is 1. The number of benzene rings is 1. The standard InChI is InChI=1S/C14H12N2O/c15-10-12(9-14-7-4-8-17-14)11-16-13-5-2-1-3-6-13/h1-8,11,16H,9H2. The van der Waals surface area contributed by atoms with E-state index in [1.54, 1.807) is 12.5 Å². The third-order valence-electron chi connectivity index (χ3n) is 2.28. The van der Waals surface area contributed by atoms with Crippen LogP contribution in [0.15, 0.2) is 64.9 Å². The molecule has 0 aliphatic rings. The van der Waals surface area contributed by atoms with Gasteiger partial charge in [-0.05, 0) is 24.3 Å². The molecule has 0 fully saturated rings. The van der Waals surface area contributed by atoms with Gasteiger partial charge >= 0.3 is 0 Å². The molecule has 2 aromatic rings. The molecule has 0 radical (unpaired) electrons. The van der Waals surface area contributed by atoms with E-state index in [1.807, 2.05) is 42.5 Å². The summed E-state index contributed by atoms with van der Waals surface area (Å²) in [6.45, 7) is 0. The van der Waals surface area contributed by atoms with Gasteiger partial charge in [0.15, 0.2) is 0 Å². The number of hydrogen-bond acceptors (Lipinski definition) is 3. The summed E-state index contributed by atoms with van der Waals surface area (Å²) in [5.41, 5.74) is 1.59. The van der Waals surface area contributed by atoms with Gasteiger partial charge in [0.2, 0.25) is 0 Å². The molecule has 17 heavy (non-hydrogen) atoms. The van der Waals surface area contributed by atoms with Gasteiger partial charge in [0.1, 0.15) is 5.76 Å². The van der Waals surface area contributed by atoms with E-state index in [-0.39, 0.29) is 0 Å². The quantitative estimate of drug-likeness (QED) is 0.810. The van der Waals surface area contributed by atoms with Crippen LogP contribution >= 0.6 is 0 Å². The normalized spacial score (nSPS) is 10.9. The highest BCUT2D eigenvalue weighted by Crippen LogP contribution is 2.10. The van der Waals surface area contributed by atoms with Crippen molar-refractivity contribution >= 4 is 5.69 Å². The smallest absolute Gasteiger partial charge is 0.108 e. The highest BCUT2D eigenvalue weighted by Gasteiger charge is 2.00. The lowest BCUT2D eigenvalue weighted by atomic mass is 10.2. The number of furan rings is 1. The number of nitrogens with zero attached hydrogens (tertiary/aromatic N) is 1. The minimum Gasteiger partial charge on any atom is -0.469 e. The summed E-state index contributed by atoms with van der Waals surface area (Å²) in [7, 11) is 0. The van der Waals surface area contributed by atoms with E-state index in [0.29, 0.717) is 12.0 Å². The number of hydrogen-bond donors (Lipinski definition) is 1. The number of rotatable bonds is 4. The van der Waals surface area contributed by atoms with Gasteiger partial charge in [-0.3, -0.25) is 0 Å². The van der Waals surface area contributed by atoms with Crippen LogP contribution in [0.1, 0.15) is 5.76 Å². The lowest BCUT2D eigenvalue weighted by molar-refractivity contribution is 0.521. The Labute approximate surface area is 100.0 Å². The highest BCUT2D eigenvalue weighted by atomic mass is 16.3. The van der Waals surface area contributed by atoms with Crippen LogP contribution in [0.5, 0.6) is 0 Å². The second-order valence-corrected chi connectivity index (χ2v) is 3.55. The summed E-state index contributed by atoms with van der Waals surface area (Å²) in [6, 6.07) is 15.5. The maximum absolute atomic E-state index is 9.00. The van der Waals surface area contributed by atoms with Crippen LogP contribution in [0.2, 0.25) is 0 Å². The maximum Gasteiger partial charge on any atom is 0.108 e. The predicted octanol–water partition coefficient (Wildman–Crippen LogP) is 3.34. The Morgan fingerprint density at radius 3 is 2.71 bits per heavy atom. The molecule has 0 bridgehead atoms. The fraction of sp³-hybridized carbons (Fsp3) is 0.0714. The van der Waals surface area contributed by atoms with E-state index in [0.717, 1.165) is 11.4 Å². The van der Waals surface area contributed by atoms with Crippen molar-refractivity contribution in [3.8, 4) is 6.07 Å². The number of nitrogens with one attached hydrogen (secondary N) is 1. The van der Waals surface area contributed by atoms with Gasteiger partial charge in [-0.2, -0.15) is 5.26 Å². The van der Waals surface area contributed by atoms with Crippen LogP contribution in [0, 0.1) is 11.3 Å². The lowest BCUT2D eigenvalue weighted by Gasteiger charge is -2.01. The molecule has 2 rings (SSSR count). The molecule has 3 nitrogen and oxygen atoms in total. The number of para-hydroxylation sites is 1. The van der Waals surface area contributed by atoms with Crippen molar-refractivity contribution in [2.75, 3.05) is 5.32 Å². The molecule has 0 amide bonds. The van der Waals surface area contributed by atoms with Crippen molar-refractivity contribution in [3.05, 3.63) is 66.3 Å². The summed E-state index contributed by atoms with van der Waals surface area (Å²) in [4.78, 5) is 0. The Morgan fingerprint density at radius 1 is 1.24 bits per heavy atom. The Morgan fingerprint density at radius 2 is 2.06 bits per heavy atom. The summed E-state index contributed by atoms with van der Waals surface area (Å²) >= 11 is 0. The average Bonchev–Trinajstić information content (AvgIpc) is 2.88. The second kappa shape index (κ2) is 5.57. The van der Waals surface area contributed by atoms with Crippen molar-refractivity contribution in [2.24, 2.45) is 0 Å². The number of anilines is 1. The van der Waals surface area contributed by atoms with Crippen molar-refractivity contribution in [1.82, 2.24) is 0 Å². The van der Waals surface area contributed by atoms with E-state index in [1.165, 1.54) is 0 Å². The molecule has 0 saturated carbocycles. The zero-order valence-corrected chi connectivity index (χ0v) is 9.26.